The maximum atomic E-state index is 12.0. The lowest BCUT2D eigenvalue weighted by atomic mass is 10.3. The molecule has 108 valence electrons. The molecule has 0 bridgehead atoms. The molecule has 0 unspecified atom stereocenters. The van der Waals surface area contributed by atoms with E-state index in [0.717, 1.165) is 0 Å². The van der Waals surface area contributed by atoms with Crippen molar-refractivity contribution >= 4 is 15.7 Å². The number of aromatic nitrogens is 2. The van der Waals surface area contributed by atoms with Crippen LogP contribution in [0.2, 0.25) is 0 Å². The van der Waals surface area contributed by atoms with Gasteiger partial charge in [-0.3, -0.25) is 9.82 Å². The van der Waals surface area contributed by atoms with E-state index >= 15 is 0 Å². The first-order chi connectivity index (χ1) is 9.38. The van der Waals surface area contributed by atoms with Crippen LogP contribution in [-0.2, 0) is 10.0 Å². The minimum absolute atomic E-state index is 0.0189. The van der Waals surface area contributed by atoms with Crippen LogP contribution in [0.25, 0.3) is 0 Å². The van der Waals surface area contributed by atoms with Crippen molar-refractivity contribution in [2.45, 2.75) is 18.4 Å². The van der Waals surface area contributed by atoms with E-state index in [1.165, 1.54) is 30.5 Å². The number of aromatic amines is 1. The van der Waals surface area contributed by atoms with Crippen molar-refractivity contribution in [2.24, 2.45) is 0 Å². The molecule has 0 aliphatic carbocycles. The fourth-order valence-electron chi connectivity index (χ4n) is 1.53. The van der Waals surface area contributed by atoms with Crippen molar-refractivity contribution < 1.29 is 21.9 Å². The highest BCUT2D eigenvalue weighted by atomic mass is 32.2. The fourth-order valence-corrected chi connectivity index (χ4v) is 2.72. The Bertz CT molecular complexity index is 683. The maximum absolute atomic E-state index is 12.0. The molecule has 0 spiro atoms. The van der Waals surface area contributed by atoms with Gasteiger partial charge in [0.05, 0.1) is 11.9 Å². The van der Waals surface area contributed by atoms with Crippen molar-refractivity contribution in [3.8, 4) is 5.75 Å². The highest BCUT2D eigenvalue weighted by Crippen LogP contribution is 2.21. The minimum Gasteiger partial charge on any atom is -0.435 e. The Balaban J connectivity index is 2.16. The quantitative estimate of drug-likeness (QED) is 0.886. The monoisotopic (exact) mass is 303 g/mol. The molecule has 0 fully saturated rings. The second kappa shape index (κ2) is 5.45. The number of halogens is 2. The van der Waals surface area contributed by atoms with Gasteiger partial charge in [-0.1, -0.05) is 0 Å². The molecule has 1 aromatic heterocycles. The van der Waals surface area contributed by atoms with Gasteiger partial charge < -0.3 is 4.74 Å². The van der Waals surface area contributed by atoms with E-state index in [-0.39, 0.29) is 16.3 Å². The fraction of sp³-hybridized carbons (Fsp3) is 0.182. The Kier molecular flexibility index (Phi) is 3.89. The molecule has 0 amide bonds. The van der Waals surface area contributed by atoms with Crippen LogP contribution in [-0.4, -0.2) is 25.2 Å². The lowest BCUT2D eigenvalue weighted by molar-refractivity contribution is -0.0498. The molecule has 0 aliphatic heterocycles. The van der Waals surface area contributed by atoms with E-state index in [1.54, 1.807) is 6.92 Å². The summed E-state index contributed by atoms with van der Waals surface area (Å²) in [6.07, 6.45) is 1.19. The van der Waals surface area contributed by atoms with Crippen LogP contribution in [0.15, 0.2) is 35.4 Å². The zero-order valence-electron chi connectivity index (χ0n) is 10.3. The zero-order valence-corrected chi connectivity index (χ0v) is 11.1. The minimum atomic E-state index is -3.77. The number of nitrogens with one attached hydrogen (secondary N) is 2. The van der Waals surface area contributed by atoms with Gasteiger partial charge in [0.2, 0.25) is 0 Å². The van der Waals surface area contributed by atoms with Crippen molar-refractivity contribution in [1.29, 1.82) is 0 Å². The lowest BCUT2D eigenvalue weighted by Gasteiger charge is -2.08. The van der Waals surface area contributed by atoms with Gasteiger partial charge in [-0.05, 0) is 31.2 Å². The number of sulfonamides is 1. The highest BCUT2D eigenvalue weighted by molar-refractivity contribution is 7.92. The molecule has 2 rings (SSSR count). The van der Waals surface area contributed by atoms with Crippen LogP contribution in [0.5, 0.6) is 5.75 Å². The predicted molar refractivity (Wildman–Crippen MR) is 67.2 cm³/mol. The molecule has 0 radical (unpaired) electrons. The second-order valence-electron chi connectivity index (χ2n) is 3.87. The number of hydrogen-bond donors (Lipinski definition) is 2. The summed E-state index contributed by atoms with van der Waals surface area (Å²) in [7, 11) is -3.77. The van der Waals surface area contributed by atoms with E-state index in [2.05, 4.69) is 19.7 Å². The van der Waals surface area contributed by atoms with Gasteiger partial charge >= 0.3 is 6.61 Å². The molecular weight excluding hydrogens is 292 g/mol. The Labute approximate surface area is 113 Å². The van der Waals surface area contributed by atoms with E-state index in [0.29, 0.717) is 5.69 Å². The number of H-pyrrole nitrogens is 1. The van der Waals surface area contributed by atoms with E-state index in [1.807, 2.05) is 0 Å². The third-order valence-corrected chi connectivity index (χ3v) is 3.90. The number of ether oxygens (including phenoxy) is 1. The Morgan fingerprint density at radius 2 is 1.95 bits per heavy atom. The zero-order chi connectivity index (χ0) is 14.8. The molecule has 9 heteroatoms. The smallest absolute Gasteiger partial charge is 0.387 e. The summed E-state index contributed by atoms with van der Waals surface area (Å²) in [4.78, 5) is 0.0189. The van der Waals surface area contributed by atoms with Crippen LogP contribution < -0.4 is 9.46 Å². The summed E-state index contributed by atoms with van der Waals surface area (Å²) >= 11 is 0. The van der Waals surface area contributed by atoms with Crippen LogP contribution in [0.4, 0.5) is 14.5 Å². The van der Waals surface area contributed by atoms with Crippen LogP contribution in [0, 0.1) is 6.92 Å². The van der Waals surface area contributed by atoms with Gasteiger partial charge in [-0.25, -0.2) is 8.42 Å². The molecule has 1 heterocycles. The predicted octanol–water partition coefficient (Wildman–Crippen LogP) is 2.12. The van der Waals surface area contributed by atoms with Crippen LogP contribution in [0.1, 0.15) is 5.69 Å². The maximum Gasteiger partial charge on any atom is 0.387 e. The lowest BCUT2D eigenvalue weighted by Crippen LogP contribution is -2.13. The van der Waals surface area contributed by atoms with Gasteiger partial charge in [-0.2, -0.15) is 13.9 Å². The molecule has 0 saturated carbocycles. The van der Waals surface area contributed by atoms with Gasteiger partial charge in [0.25, 0.3) is 10.0 Å². The van der Waals surface area contributed by atoms with Crippen molar-refractivity contribution in [3.63, 3.8) is 0 Å². The first-order valence-corrected chi connectivity index (χ1v) is 6.94. The Morgan fingerprint density at radius 3 is 2.45 bits per heavy atom. The first kappa shape index (κ1) is 14.3. The summed E-state index contributed by atoms with van der Waals surface area (Å²) in [5.41, 5.74) is 0.627. The number of hydrogen-bond acceptors (Lipinski definition) is 4. The summed E-state index contributed by atoms with van der Waals surface area (Å²) in [6.45, 7) is -1.35. The number of alkyl halides is 2. The highest BCUT2D eigenvalue weighted by Gasteiger charge is 2.18. The molecule has 0 atom stereocenters. The average Bonchev–Trinajstić information content (AvgIpc) is 2.78. The Hall–Kier alpha value is -2.16. The average molecular weight is 303 g/mol. The second-order valence-corrected chi connectivity index (χ2v) is 5.52. The molecule has 0 aliphatic rings. The third kappa shape index (κ3) is 3.23. The number of benzene rings is 1. The molecule has 20 heavy (non-hydrogen) atoms. The van der Waals surface area contributed by atoms with Crippen molar-refractivity contribution in [3.05, 3.63) is 36.2 Å². The molecule has 2 aromatic rings. The summed E-state index contributed by atoms with van der Waals surface area (Å²) in [5.74, 6) is -0.0533. The van der Waals surface area contributed by atoms with Crippen molar-refractivity contribution in [1.82, 2.24) is 10.2 Å². The van der Waals surface area contributed by atoms with E-state index < -0.39 is 16.6 Å². The molecular formula is C11H11F2N3O3S. The summed E-state index contributed by atoms with van der Waals surface area (Å²) < 4.78 is 54.5. The molecule has 6 nitrogen and oxygen atoms in total. The summed E-state index contributed by atoms with van der Waals surface area (Å²) in [6, 6.07) is 5.13. The molecule has 1 aromatic carbocycles. The topological polar surface area (TPSA) is 84.1 Å². The van der Waals surface area contributed by atoms with Crippen molar-refractivity contribution in [2.75, 3.05) is 4.72 Å². The number of rotatable bonds is 5. The summed E-state index contributed by atoms with van der Waals surface area (Å²) in [5, 5.41) is 6.15. The van der Waals surface area contributed by atoms with Gasteiger partial charge in [0.1, 0.15) is 10.6 Å². The normalized spacial score (nSPS) is 11.6. The standard InChI is InChI=1S/C11H11F2N3O3S/c1-7-10(6-14-15-7)20(17,18)16-8-2-4-9(5-3-8)19-11(12)13/h2-6,11,16H,1H3,(H,14,15). The first-order valence-electron chi connectivity index (χ1n) is 5.46. The van der Waals surface area contributed by atoms with Crippen LogP contribution >= 0.6 is 0 Å². The van der Waals surface area contributed by atoms with E-state index in [9.17, 15) is 17.2 Å². The largest absolute Gasteiger partial charge is 0.435 e. The van der Waals surface area contributed by atoms with E-state index in [4.69, 9.17) is 0 Å². The van der Waals surface area contributed by atoms with Gasteiger partial charge in [0.15, 0.2) is 0 Å². The van der Waals surface area contributed by atoms with Crippen LogP contribution in [0.3, 0.4) is 0 Å². The van der Waals surface area contributed by atoms with Gasteiger partial charge in [0, 0.05) is 5.69 Å². The third-order valence-electron chi connectivity index (χ3n) is 2.40. The SMILES string of the molecule is Cc1[nH]ncc1S(=O)(=O)Nc1ccc(OC(F)F)cc1. The number of nitrogens with zero attached hydrogens (tertiary/aromatic N) is 1. The molecule has 2 N–H and O–H groups in total. The van der Waals surface area contributed by atoms with Gasteiger partial charge in [-0.15, -0.1) is 0 Å². The number of aryl methyl sites for hydroxylation is 1. The molecule has 0 saturated heterocycles. The number of anilines is 1. The Morgan fingerprint density at radius 1 is 1.30 bits per heavy atom.